The molecule has 1 aliphatic rings. The minimum atomic E-state index is -0.189. The van der Waals surface area contributed by atoms with Gasteiger partial charge >= 0.3 is 0 Å². The molecule has 0 bridgehead atoms. The smallest absolute Gasteiger partial charge is 0.251 e. The van der Waals surface area contributed by atoms with Gasteiger partial charge in [0.05, 0.1) is 23.7 Å². The lowest BCUT2D eigenvalue weighted by atomic mass is 9.87. The number of hydrogen-bond acceptors (Lipinski definition) is 7. The summed E-state index contributed by atoms with van der Waals surface area (Å²) >= 11 is 0. The second-order valence-electron chi connectivity index (χ2n) is 7.76. The van der Waals surface area contributed by atoms with Crippen LogP contribution < -0.4 is 20.7 Å². The fraction of sp³-hybridized carbons (Fsp3) is 0.231. The summed E-state index contributed by atoms with van der Waals surface area (Å²) in [5.74, 6) is 0.739. The molecule has 8 nitrogen and oxygen atoms in total. The maximum atomic E-state index is 12.0. The molecular formula is C26H28N6O2. The molecule has 0 saturated heterocycles. The van der Waals surface area contributed by atoms with Gasteiger partial charge in [-0.1, -0.05) is 30.3 Å². The molecule has 3 aromatic rings. The number of ether oxygens (including phenoxy) is 1. The summed E-state index contributed by atoms with van der Waals surface area (Å²) < 4.78 is 5.76. The molecule has 1 amide bonds. The average Bonchev–Trinajstić information content (AvgIpc) is 2.87. The van der Waals surface area contributed by atoms with Crippen LogP contribution in [0.25, 0.3) is 11.3 Å². The van der Waals surface area contributed by atoms with Gasteiger partial charge in [-0.15, -0.1) is 0 Å². The fourth-order valence-corrected chi connectivity index (χ4v) is 3.99. The van der Waals surface area contributed by atoms with Crippen molar-refractivity contribution in [3.63, 3.8) is 0 Å². The largest absolute Gasteiger partial charge is 0.492 e. The SMILES string of the molecule is CCOc1cc(C(=O)NC)ccc1Nc1ncc2c(n1)/C(=C(/NC)c1ccccc1)C(=N)CC2. The molecule has 0 fully saturated rings. The molecule has 0 aliphatic heterocycles. The molecule has 2 aromatic carbocycles. The van der Waals surface area contributed by atoms with Gasteiger partial charge in [0, 0.05) is 37.1 Å². The first-order valence-corrected chi connectivity index (χ1v) is 11.2. The Labute approximate surface area is 199 Å². The molecule has 1 heterocycles. The standard InChI is InChI=1S/C26H28N6O2/c1-4-34-21-14-17(25(33)29-3)11-13-20(21)31-26-30-15-18-10-12-19(27)22(24(18)32-26)23(28-2)16-8-6-5-7-9-16/h5-9,11,13-15,27-28H,4,10,12H2,1-3H3,(H,29,33)(H,30,31,32)/b23-22+,27-19?. The first kappa shape index (κ1) is 23.0. The Balaban J connectivity index is 1.76. The molecule has 0 spiro atoms. The maximum absolute atomic E-state index is 12.0. The zero-order valence-electron chi connectivity index (χ0n) is 19.5. The molecule has 0 unspecified atom stereocenters. The number of aromatic nitrogens is 2. The highest BCUT2D eigenvalue weighted by atomic mass is 16.5. The fourth-order valence-electron chi connectivity index (χ4n) is 3.99. The molecule has 1 aliphatic carbocycles. The number of rotatable bonds is 7. The lowest BCUT2D eigenvalue weighted by Gasteiger charge is -2.23. The second-order valence-corrected chi connectivity index (χ2v) is 7.76. The van der Waals surface area contributed by atoms with Crippen molar-refractivity contribution < 1.29 is 9.53 Å². The summed E-state index contributed by atoms with van der Waals surface area (Å²) in [5.41, 5.74) is 6.07. The maximum Gasteiger partial charge on any atom is 0.251 e. The van der Waals surface area contributed by atoms with Crippen LogP contribution in [-0.4, -0.2) is 42.3 Å². The van der Waals surface area contributed by atoms with E-state index in [2.05, 4.69) is 20.9 Å². The molecule has 0 atom stereocenters. The van der Waals surface area contributed by atoms with E-state index in [-0.39, 0.29) is 5.91 Å². The highest BCUT2D eigenvalue weighted by Gasteiger charge is 2.25. The molecule has 34 heavy (non-hydrogen) atoms. The van der Waals surface area contributed by atoms with Gasteiger partial charge in [0.15, 0.2) is 0 Å². The summed E-state index contributed by atoms with van der Waals surface area (Å²) in [6.45, 7) is 2.33. The first-order chi connectivity index (χ1) is 16.5. The number of aryl methyl sites for hydroxylation is 1. The number of allylic oxidation sites excluding steroid dienone is 1. The highest BCUT2D eigenvalue weighted by Crippen LogP contribution is 2.34. The van der Waals surface area contributed by atoms with Crippen molar-refractivity contribution in [3.8, 4) is 5.75 Å². The van der Waals surface area contributed by atoms with E-state index in [0.717, 1.165) is 34.5 Å². The van der Waals surface area contributed by atoms with Gasteiger partial charge in [0.2, 0.25) is 5.95 Å². The van der Waals surface area contributed by atoms with E-state index in [1.807, 2.05) is 50.5 Å². The van der Waals surface area contributed by atoms with Crippen LogP contribution in [0.3, 0.4) is 0 Å². The zero-order valence-corrected chi connectivity index (χ0v) is 19.5. The van der Waals surface area contributed by atoms with Crippen molar-refractivity contribution >= 4 is 34.5 Å². The lowest BCUT2D eigenvalue weighted by Crippen LogP contribution is -2.20. The first-order valence-electron chi connectivity index (χ1n) is 11.2. The minimum absolute atomic E-state index is 0.189. The van der Waals surface area contributed by atoms with Gasteiger partial charge in [-0.25, -0.2) is 9.97 Å². The molecular weight excluding hydrogens is 428 g/mol. The Hall–Kier alpha value is -4.20. The van der Waals surface area contributed by atoms with E-state index in [0.29, 0.717) is 41.7 Å². The van der Waals surface area contributed by atoms with Crippen LogP contribution in [0.2, 0.25) is 0 Å². The third kappa shape index (κ3) is 4.61. The van der Waals surface area contributed by atoms with Crippen LogP contribution in [0, 0.1) is 5.41 Å². The number of benzene rings is 2. The predicted octanol–water partition coefficient (Wildman–Crippen LogP) is 4.03. The topological polar surface area (TPSA) is 112 Å². The van der Waals surface area contributed by atoms with E-state index in [9.17, 15) is 4.79 Å². The number of hydrogen-bond donors (Lipinski definition) is 4. The Morgan fingerprint density at radius 1 is 1.06 bits per heavy atom. The van der Waals surface area contributed by atoms with Crippen molar-refractivity contribution in [1.29, 1.82) is 5.41 Å². The van der Waals surface area contributed by atoms with Gasteiger partial charge in [-0.3, -0.25) is 4.79 Å². The predicted molar refractivity (Wildman–Crippen MR) is 135 cm³/mol. The monoisotopic (exact) mass is 456 g/mol. The van der Waals surface area contributed by atoms with Gasteiger partial charge in [-0.05, 0) is 49.1 Å². The van der Waals surface area contributed by atoms with Crippen LogP contribution in [0.1, 0.15) is 40.5 Å². The van der Waals surface area contributed by atoms with E-state index in [1.54, 1.807) is 25.2 Å². The highest BCUT2D eigenvalue weighted by molar-refractivity contribution is 6.29. The van der Waals surface area contributed by atoms with Crippen molar-refractivity contribution in [2.75, 3.05) is 26.0 Å². The van der Waals surface area contributed by atoms with Gasteiger partial charge < -0.3 is 26.1 Å². The molecule has 0 radical (unpaired) electrons. The Kier molecular flexibility index (Phi) is 6.87. The van der Waals surface area contributed by atoms with Crippen LogP contribution in [0.5, 0.6) is 5.75 Å². The molecule has 0 saturated carbocycles. The van der Waals surface area contributed by atoms with Gasteiger partial charge in [0.25, 0.3) is 5.91 Å². The number of fused-ring (bicyclic) bond motifs is 1. The molecule has 1 aromatic heterocycles. The summed E-state index contributed by atoms with van der Waals surface area (Å²) in [4.78, 5) is 21.4. The van der Waals surface area contributed by atoms with Crippen LogP contribution in [0.15, 0.2) is 54.7 Å². The lowest BCUT2D eigenvalue weighted by molar-refractivity contribution is 0.0962. The molecule has 8 heteroatoms. The molecule has 174 valence electrons. The molecule has 4 rings (SSSR count). The number of amides is 1. The van der Waals surface area contributed by atoms with E-state index < -0.39 is 0 Å². The quantitative estimate of drug-likeness (QED) is 0.427. The number of carbonyl (C=O) groups is 1. The van der Waals surface area contributed by atoms with Crippen molar-refractivity contribution in [1.82, 2.24) is 20.6 Å². The van der Waals surface area contributed by atoms with E-state index in [1.165, 1.54) is 0 Å². The number of nitrogens with zero attached hydrogens (tertiary/aromatic N) is 2. The number of nitrogens with one attached hydrogen (secondary N) is 4. The normalized spacial score (nSPS) is 14.1. The zero-order chi connectivity index (χ0) is 24.1. The summed E-state index contributed by atoms with van der Waals surface area (Å²) in [6, 6.07) is 15.1. The Bertz CT molecular complexity index is 1250. The van der Waals surface area contributed by atoms with Crippen LogP contribution in [0.4, 0.5) is 11.6 Å². The van der Waals surface area contributed by atoms with E-state index >= 15 is 0 Å². The van der Waals surface area contributed by atoms with E-state index in [4.69, 9.17) is 15.1 Å². The van der Waals surface area contributed by atoms with Crippen LogP contribution in [-0.2, 0) is 6.42 Å². The molecule has 4 N–H and O–H groups in total. The minimum Gasteiger partial charge on any atom is -0.492 e. The third-order valence-corrected chi connectivity index (χ3v) is 5.63. The summed E-state index contributed by atoms with van der Waals surface area (Å²) in [7, 11) is 3.45. The van der Waals surface area contributed by atoms with Crippen molar-refractivity contribution in [2.45, 2.75) is 19.8 Å². The summed E-state index contributed by atoms with van der Waals surface area (Å²) in [6.07, 6.45) is 3.16. The van der Waals surface area contributed by atoms with Crippen molar-refractivity contribution in [2.24, 2.45) is 0 Å². The Morgan fingerprint density at radius 3 is 2.56 bits per heavy atom. The van der Waals surface area contributed by atoms with Crippen LogP contribution >= 0.6 is 0 Å². The van der Waals surface area contributed by atoms with Crippen molar-refractivity contribution in [3.05, 3.63) is 77.1 Å². The number of carbonyl (C=O) groups excluding carboxylic acids is 1. The second kappa shape index (κ2) is 10.2. The third-order valence-electron chi connectivity index (χ3n) is 5.63. The Morgan fingerprint density at radius 2 is 1.85 bits per heavy atom. The van der Waals surface area contributed by atoms with Gasteiger partial charge in [-0.2, -0.15) is 0 Å². The van der Waals surface area contributed by atoms with Gasteiger partial charge in [0.1, 0.15) is 5.75 Å². The number of anilines is 2. The summed E-state index contributed by atoms with van der Waals surface area (Å²) in [5, 5.41) is 17.8. The average molecular weight is 457 g/mol.